The van der Waals surface area contributed by atoms with Crippen molar-refractivity contribution >= 4 is 11.8 Å². The van der Waals surface area contributed by atoms with Crippen LogP contribution in [0.3, 0.4) is 0 Å². The maximum Gasteiger partial charge on any atom is 0.135 e. The minimum atomic E-state index is -0.592. The number of rotatable bonds is 2. The molecule has 1 aromatic carbocycles. The van der Waals surface area contributed by atoms with Gasteiger partial charge in [-0.1, -0.05) is 0 Å². The Balaban J connectivity index is 2.49. The third kappa shape index (κ3) is 2.22. The lowest BCUT2D eigenvalue weighted by atomic mass is 10.1. The van der Waals surface area contributed by atoms with Crippen LogP contribution in [0.1, 0.15) is 0 Å². The Kier molecular flexibility index (Phi) is 3.19. The van der Waals surface area contributed by atoms with E-state index in [4.69, 9.17) is 0 Å². The number of halogens is 2. The normalized spacial score (nSPS) is 10.4. The number of nitrogens with zero attached hydrogens (tertiary/aromatic N) is 1. The van der Waals surface area contributed by atoms with Crippen LogP contribution in [-0.2, 0) is 0 Å². The van der Waals surface area contributed by atoms with Gasteiger partial charge in [0.05, 0.1) is 5.69 Å². The Morgan fingerprint density at radius 3 is 2.62 bits per heavy atom. The van der Waals surface area contributed by atoms with Gasteiger partial charge >= 0.3 is 0 Å². The van der Waals surface area contributed by atoms with E-state index in [0.29, 0.717) is 11.3 Å². The van der Waals surface area contributed by atoms with E-state index in [-0.39, 0.29) is 0 Å². The molecule has 0 spiro atoms. The molecule has 0 bridgehead atoms. The molecule has 0 saturated carbocycles. The number of thioether (sulfide) groups is 1. The number of hydrogen-bond acceptors (Lipinski definition) is 2. The first-order valence-corrected chi connectivity index (χ1v) is 5.88. The van der Waals surface area contributed by atoms with Crippen LogP contribution in [0.4, 0.5) is 8.78 Å². The number of benzene rings is 1. The molecule has 0 aliphatic rings. The van der Waals surface area contributed by atoms with Gasteiger partial charge in [-0.3, -0.25) is 4.98 Å². The quantitative estimate of drug-likeness (QED) is 0.738. The Hall–Kier alpha value is -1.42. The Labute approximate surface area is 96.5 Å². The smallest absolute Gasteiger partial charge is 0.135 e. The lowest BCUT2D eigenvalue weighted by molar-refractivity contribution is 0.585. The van der Waals surface area contributed by atoms with Gasteiger partial charge in [0.15, 0.2) is 0 Å². The summed E-state index contributed by atoms with van der Waals surface area (Å²) < 4.78 is 26.2. The minimum Gasteiger partial charge on any atom is -0.256 e. The van der Waals surface area contributed by atoms with Gasteiger partial charge in [0, 0.05) is 22.7 Å². The summed E-state index contributed by atoms with van der Waals surface area (Å²) in [6, 6.07) is 7.11. The van der Waals surface area contributed by atoms with Gasteiger partial charge in [0.25, 0.3) is 0 Å². The predicted octanol–water partition coefficient (Wildman–Crippen LogP) is 3.75. The highest BCUT2D eigenvalue weighted by Gasteiger charge is 2.07. The molecule has 1 aromatic heterocycles. The molecule has 0 aliphatic carbocycles. The summed E-state index contributed by atoms with van der Waals surface area (Å²) in [4.78, 5) is 5.07. The van der Waals surface area contributed by atoms with Crippen molar-refractivity contribution in [2.24, 2.45) is 0 Å². The summed E-state index contributed by atoms with van der Waals surface area (Å²) >= 11 is 1.55. The van der Waals surface area contributed by atoms with Crippen molar-refractivity contribution < 1.29 is 8.78 Å². The van der Waals surface area contributed by atoms with Crippen LogP contribution in [0.5, 0.6) is 0 Å². The van der Waals surface area contributed by atoms with E-state index >= 15 is 0 Å². The molecule has 0 aliphatic heterocycles. The van der Waals surface area contributed by atoms with Gasteiger partial charge in [-0.2, -0.15) is 0 Å². The number of pyridine rings is 1. The average Bonchev–Trinajstić information content (AvgIpc) is 2.29. The van der Waals surface area contributed by atoms with Gasteiger partial charge < -0.3 is 0 Å². The summed E-state index contributed by atoms with van der Waals surface area (Å²) in [5, 5.41) is 0. The van der Waals surface area contributed by atoms with E-state index in [1.807, 2.05) is 12.3 Å². The van der Waals surface area contributed by atoms with Crippen LogP contribution >= 0.6 is 11.8 Å². The summed E-state index contributed by atoms with van der Waals surface area (Å²) in [5.74, 6) is -1.17. The standard InChI is InChI=1S/C12H9F2NS/c1-16-9-4-5-15-12(7-9)10-3-2-8(13)6-11(10)14/h2-7H,1H3. The third-order valence-electron chi connectivity index (χ3n) is 2.17. The first kappa shape index (κ1) is 11.1. The predicted molar refractivity (Wildman–Crippen MR) is 61.4 cm³/mol. The van der Waals surface area contributed by atoms with Crippen LogP contribution in [0.2, 0.25) is 0 Å². The molecular weight excluding hydrogens is 228 g/mol. The molecule has 0 amide bonds. The van der Waals surface area contributed by atoms with Crippen LogP contribution < -0.4 is 0 Å². The zero-order valence-corrected chi connectivity index (χ0v) is 9.39. The summed E-state index contributed by atoms with van der Waals surface area (Å²) in [6.07, 6.45) is 3.55. The lowest BCUT2D eigenvalue weighted by Crippen LogP contribution is -1.89. The molecule has 0 N–H and O–H groups in total. The molecule has 0 unspecified atom stereocenters. The molecule has 1 heterocycles. The highest BCUT2D eigenvalue weighted by atomic mass is 32.2. The highest BCUT2D eigenvalue weighted by molar-refractivity contribution is 7.98. The van der Waals surface area contributed by atoms with Crippen molar-refractivity contribution in [3.05, 3.63) is 48.2 Å². The van der Waals surface area contributed by atoms with Crippen molar-refractivity contribution in [2.75, 3.05) is 6.26 Å². The fourth-order valence-electron chi connectivity index (χ4n) is 1.38. The van der Waals surface area contributed by atoms with Crippen molar-refractivity contribution in [3.63, 3.8) is 0 Å². The number of aromatic nitrogens is 1. The van der Waals surface area contributed by atoms with Crippen molar-refractivity contribution in [3.8, 4) is 11.3 Å². The van der Waals surface area contributed by atoms with Crippen LogP contribution in [-0.4, -0.2) is 11.2 Å². The minimum absolute atomic E-state index is 0.317. The fraction of sp³-hybridized carbons (Fsp3) is 0.0833. The maximum absolute atomic E-state index is 13.5. The van der Waals surface area contributed by atoms with Gasteiger partial charge in [0.2, 0.25) is 0 Å². The first-order valence-electron chi connectivity index (χ1n) is 4.66. The maximum atomic E-state index is 13.5. The zero-order valence-electron chi connectivity index (χ0n) is 8.58. The fourth-order valence-corrected chi connectivity index (χ4v) is 1.81. The molecule has 1 nitrogen and oxygen atoms in total. The average molecular weight is 237 g/mol. The number of hydrogen-bond donors (Lipinski definition) is 0. The van der Waals surface area contributed by atoms with E-state index in [9.17, 15) is 8.78 Å². The summed E-state index contributed by atoms with van der Waals surface area (Å²) in [7, 11) is 0. The second-order valence-electron chi connectivity index (χ2n) is 3.21. The van der Waals surface area contributed by atoms with E-state index < -0.39 is 11.6 Å². The van der Waals surface area contributed by atoms with Crippen LogP contribution in [0.25, 0.3) is 11.3 Å². The molecule has 4 heteroatoms. The lowest BCUT2D eigenvalue weighted by Gasteiger charge is -2.04. The zero-order chi connectivity index (χ0) is 11.5. The summed E-state index contributed by atoms with van der Waals surface area (Å²) in [5.41, 5.74) is 0.835. The molecule has 82 valence electrons. The van der Waals surface area contributed by atoms with E-state index in [2.05, 4.69) is 4.98 Å². The molecule has 0 saturated heterocycles. The molecule has 0 atom stereocenters. The first-order chi connectivity index (χ1) is 7.70. The molecule has 0 fully saturated rings. The van der Waals surface area contributed by atoms with Gasteiger partial charge in [-0.25, -0.2) is 8.78 Å². The molecule has 0 radical (unpaired) electrons. The van der Waals surface area contributed by atoms with Crippen molar-refractivity contribution in [1.82, 2.24) is 4.98 Å². The Morgan fingerprint density at radius 1 is 1.12 bits per heavy atom. The van der Waals surface area contributed by atoms with E-state index in [0.717, 1.165) is 11.0 Å². The summed E-state index contributed by atoms with van der Waals surface area (Å²) in [6.45, 7) is 0. The largest absolute Gasteiger partial charge is 0.256 e. The molecule has 2 rings (SSSR count). The molecule has 2 aromatic rings. The van der Waals surface area contributed by atoms with Crippen molar-refractivity contribution in [1.29, 1.82) is 0 Å². The molecule has 16 heavy (non-hydrogen) atoms. The van der Waals surface area contributed by atoms with E-state index in [1.165, 1.54) is 12.1 Å². The van der Waals surface area contributed by atoms with Crippen LogP contribution in [0, 0.1) is 11.6 Å². The van der Waals surface area contributed by atoms with Crippen molar-refractivity contribution in [2.45, 2.75) is 4.90 Å². The third-order valence-corrected chi connectivity index (χ3v) is 2.90. The van der Waals surface area contributed by atoms with Gasteiger partial charge in [0.1, 0.15) is 11.6 Å². The Morgan fingerprint density at radius 2 is 1.94 bits per heavy atom. The van der Waals surface area contributed by atoms with E-state index in [1.54, 1.807) is 24.0 Å². The van der Waals surface area contributed by atoms with Gasteiger partial charge in [-0.15, -0.1) is 11.8 Å². The Bertz CT molecular complexity index is 514. The SMILES string of the molecule is CSc1ccnc(-c2ccc(F)cc2F)c1. The second kappa shape index (κ2) is 4.61. The highest BCUT2D eigenvalue weighted by Crippen LogP contribution is 2.24. The van der Waals surface area contributed by atoms with Crippen LogP contribution in [0.15, 0.2) is 41.4 Å². The van der Waals surface area contributed by atoms with Gasteiger partial charge in [-0.05, 0) is 30.5 Å². The topological polar surface area (TPSA) is 12.9 Å². The second-order valence-corrected chi connectivity index (χ2v) is 4.08. The molecular formula is C12H9F2NS. The monoisotopic (exact) mass is 237 g/mol.